The van der Waals surface area contributed by atoms with E-state index in [1.807, 2.05) is 43.0 Å². The number of carbonyl (C=O) groups is 1. The zero-order valence-electron chi connectivity index (χ0n) is 19.6. The molecule has 0 bridgehead atoms. The first-order valence-corrected chi connectivity index (χ1v) is 12.5. The quantitative estimate of drug-likeness (QED) is 0.320. The van der Waals surface area contributed by atoms with Gasteiger partial charge in [-0.2, -0.15) is 0 Å². The summed E-state index contributed by atoms with van der Waals surface area (Å²) in [6.45, 7) is 4.51. The van der Waals surface area contributed by atoms with Gasteiger partial charge < -0.3 is 9.80 Å². The van der Waals surface area contributed by atoms with Gasteiger partial charge in [0.2, 0.25) is 0 Å². The van der Waals surface area contributed by atoms with Crippen LogP contribution in [0.4, 0.5) is 16.5 Å². The Hall–Kier alpha value is -2.75. The Morgan fingerprint density at radius 2 is 1.91 bits per heavy atom. The number of halogens is 1. The molecule has 0 unspecified atom stereocenters. The van der Waals surface area contributed by atoms with Crippen molar-refractivity contribution in [2.45, 2.75) is 26.2 Å². The Kier molecular flexibility index (Phi) is 7.35. The number of amides is 1. The zero-order chi connectivity index (χ0) is 24.4. The summed E-state index contributed by atoms with van der Waals surface area (Å²) >= 11 is 7.69. The van der Waals surface area contributed by atoms with Crippen LogP contribution >= 0.6 is 22.9 Å². The highest BCUT2D eigenvalue weighted by Gasteiger charge is 2.27. The lowest BCUT2D eigenvalue weighted by Crippen LogP contribution is -2.37. The largest absolute Gasteiger partial charge is 0.366 e. The van der Waals surface area contributed by atoms with Crippen molar-refractivity contribution in [3.8, 4) is 0 Å². The number of carbonyl (C=O) groups excluding carboxylic acids is 1. The van der Waals surface area contributed by atoms with Crippen LogP contribution in [0.2, 0.25) is 5.02 Å². The lowest BCUT2D eigenvalue weighted by atomic mass is 10.1. The van der Waals surface area contributed by atoms with Gasteiger partial charge in [-0.05, 0) is 70.1 Å². The molecule has 0 aliphatic carbocycles. The molecule has 4 rings (SSSR count). The molecule has 0 N–H and O–H groups in total. The Bertz CT molecular complexity index is 1220. The molecule has 1 aliphatic heterocycles. The van der Waals surface area contributed by atoms with E-state index in [0.29, 0.717) is 28.9 Å². The number of thiazole rings is 1. The summed E-state index contributed by atoms with van der Waals surface area (Å²) in [5.41, 5.74) is 2.45. The molecule has 1 saturated heterocycles. The van der Waals surface area contributed by atoms with E-state index in [1.165, 1.54) is 17.4 Å². The topological polar surface area (TPSA) is 82.8 Å². The summed E-state index contributed by atoms with van der Waals surface area (Å²) in [5, 5.41) is 13.1. The molecule has 2 heterocycles. The first-order valence-electron chi connectivity index (χ1n) is 11.3. The van der Waals surface area contributed by atoms with Crippen LogP contribution in [0, 0.1) is 17.0 Å². The molecule has 0 radical (unpaired) electrons. The molecule has 0 atom stereocenters. The second-order valence-electron chi connectivity index (χ2n) is 8.78. The average Bonchev–Trinajstić information content (AvgIpc) is 3.26. The lowest BCUT2D eigenvalue weighted by Gasteiger charge is -2.28. The van der Waals surface area contributed by atoms with E-state index < -0.39 is 4.92 Å². The molecule has 0 saturated carbocycles. The molecular formula is C24H28ClN5O3S. The van der Waals surface area contributed by atoms with Crippen LogP contribution in [-0.2, 0) is 0 Å². The summed E-state index contributed by atoms with van der Waals surface area (Å²) < 4.78 is 0.936. The van der Waals surface area contributed by atoms with Crippen molar-refractivity contribution >= 4 is 55.6 Å². The molecule has 2 aromatic carbocycles. The number of nitro benzene ring substituents is 1. The summed E-state index contributed by atoms with van der Waals surface area (Å²) in [6.07, 6.45) is 3.16. The molecule has 10 heteroatoms. The van der Waals surface area contributed by atoms with Crippen LogP contribution in [0.1, 0.15) is 35.2 Å². The van der Waals surface area contributed by atoms with Gasteiger partial charge in [0.1, 0.15) is 5.69 Å². The zero-order valence-corrected chi connectivity index (χ0v) is 21.2. The minimum Gasteiger partial charge on any atom is -0.366 e. The van der Waals surface area contributed by atoms with Crippen LogP contribution in [0.15, 0.2) is 30.3 Å². The van der Waals surface area contributed by atoms with Crippen molar-refractivity contribution in [1.82, 2.24) is 9.88 Å². The lowest BCUT2D eigenvalue weighted by molar-refractivity contribution is -0.384. The number of nitrogens with zero attached hydrogens (tertiary/aromatic N) is 5. The standard InChI is InChI=1S/C24H28ClN5O3S/c1-16-18(25)8-10-21-22(16)26-24(34-21)29(14-13-27(2)3)23(31)17-7-9-19(20(15-17)30(32)33)28-11-5-4-6-12-28/h7-10,15H,4-6,11-14H2,1-3H3. The monoisotopic (exact) mass is 501 g/mol. The number of piperidine rings is 1. The Morgan fingerprint density at radius 3 is 2.59 bits per heavy atom. The number of aryl methyl sites for hydroxylation is 1. The van der Waals surface area contributed by atoms with Crippen molar-refractivity contribution in [2.75, 3.05) is 50.1 Å². The first-order chi connectivity index (χ1) is 16.3. The van der Waals surface area contributed by atoms with E-state index in [-0.39, 0.29) is 17.2 Å². The van der Waals surface area contributed by atoms with Gasteiger partial charge in [-0.1, -0.05) is 22.9 Å². The molecular weight excluding hydrogens is 474 g/mol. The highest BCUT2D eigenvalue weighted by Crippen LogP contribution is 2.35. The summed E-state index contributed by atoms with van der Waals surface area (Å²) in [6, 6.07) is 8.54. The van der Waals surface area contributed by atoms with E-state index >= 15 is 0 Å². The summed E-state index contributed by atoms with van der Waals surface area (Å²) in [4.78, 5) is 35.5. The Morgan fingerprint density at radius 1 is 1.18 bits per heavy atom. The maximum atomic E-state index is 13.7. The fourth-order valence-corrected chi connectivity index (χ4v) is 5.35. The third-order valence-corrected chi connectivity index (χ3v) is 7.55. The van der Waals surface area contributed by atoms with Crippen LogP contribution in [-0.4, -0.2) is 61.0 Å². The van der Waals surface area contributed by atoms with Gasteiger partial charge in [0.15, 0.2) is 5.13 Å². The number of fused-ring (bicyclic) bond motifs is 1. The van der Waals surface area contributed by atoms with Gasteiger partial charge in [0, 0.05) is 42.8 Å². The molecule has 3 aromatic rings. The number of rotatable bonds is 7. The normalized spacial score (nSPS) is 14.1. The maximum Gasteiger partial charge on any atom is 0.293 e. The Balaban J connectivity index is 1.72. The highest BCUT2D eigenvalue weighted by atomic mass is 35.5. The van der Waals surface area contributed by atoms with Gasteiger partial charge in [-0.3, -0.25) is 19.8 Å². The van der Waals surface area contributed by atoms with E-state index in [9.17, 15) is 14.9 Å². The number of hydrogen-bond donors (Lipinski definition) is 0. The second-order valence-corrected chi connectivity index (χ2v) is 10.2. The molecule has 1 aliphatic rings. The summed E-state index contributed by atoms with van der Waals surface area (Å²) in [5.74, 6) is -0.307. The number of aromatic nitrogens is 1. The smallest absolute Gasteiger partial charge is 0.293 e. The molecule has 34 heavy (non-hydrogen) atoms. The minimum atomic E-state index is -0.395. The molecule has 1 amide bonds. The average molecular weight is 502 g/mol. The predicted octanol–water partition coefficient (Wildman–Crippen LogP) is 5.37. The van der Waals surface area contributed by atoms with E-state index in [2.05, 4.69) is 0 Å². The fourth-order valence-electron chi connectivity index (χ4n) is 4.15. The van der Waals surface area contributed by atoms with Gasteiger partial charge in [-0.25, -0.2) is 4.98 Å². The van der Waals surface area contributed by atoms with Gasteiger partial charge in [-0.15, -0.1) is 0 Å². The maximum absolute atomic E-state index is 13.7. The second kappa shape index (κ2) is 10.2. The molecule has 180 valence electrons. The van der Waals surface area contributed by atoms with E-state index in [4.69, 9.17) is 16.6 Å². The van der Waals surface area contributed by atoms with Gasteiger partial charge in [0.05, 0.1) is 15.1 Å². The number of hydrogen-bond acceptors (Lipinski definition) is 7. The molecule has 1 fully saturated rings. The van der Waals surface area contributed by atoms with Crippen molar-refractivity contribution < 1.29 is 9.72 Å². The van der Waals surface area contributed by atoms with Gasteiger partial charge in [0.25, 0.3) is 11.6 Å². The van der Waals surface area contributed by atoms with Crippen molar-refractivity contribution in [3.63, 3.8) is 0 Å². The van der Waals surface area contributed by atoms with E-state index in [1.54, 1.807) is 17.0 Å². The highest BCUT2D eigenvalue weighted by molar-refractivity contribution is 7.22. The number of likely N-dealkylation sites (N-methyl/N-ethyl adjacent to an activating group) is 1. The molecule has 0 spiro atoms. The van der Waals surface area contributed by atoms with Crippen LogP contribution in [0.3, 0.4) is 0 Å². The number of nitro groups is 1. The molecule has 1 aromatic heterocycles. The van der Waals surface area contributed by atoms with Crippen LogP contribution in [0.25, 0.3) is 10.2 Å². The molecule has 8 nitrogen and oxygen atoms in total. The van der Waals surface area contributed by atoms with Crippen molar-refractivity contribution in [2.24, 2.45) is 0 Å². The summed E-state index contributed by atoms with van der Waals surface area (Å²) in [7, 11) is 3.87. The van der Waals surface area contributed by atoms with Crippen LogP contribution in [0.5, 0.6) is 0 Å². The van der Waals surface area contributed by atoms with Crippen molar-refractivity contribution in [3.05, 3.63) is 56.6 Å². The van der Waals surface area contributed by atoms with Crippen molar-refractivity contribution in [1.29, 1.82) is 0 Å². The predicted molar refractivity (Wildman–Crippen MR) is 139 cm³/mol. The van der Waals surface area contributed by atoms with Gasteiger partial charge >= 0.3 is 0 Å². The SMILES string of the molecule is Cc1c(Cl)ccc2sc(N(CCN(C)C)C(=O)c3ccc(N4CCCCC4)c([N+](=O)[O-])c3)nc12. The van der Waals surface area contributed by atoms with Crippen LogP contribution < -0.4 is 9.80 Å². The third kappa shape index (κ3) is 5.01. The third-order valence-electron chi connectivity index (χ3n) is 6.10. The van der Waals surface area contributed by atoms with E-state index in [0.717, 1.165) is 48.1 Å². The number of anilines is 2. The minimum absolute atomic E-state index is 0.0350. The fraction of sp³-hybridized carbons (Fsp3) is 0.417. The number of benzene rings is 2. The first kappa shape index (κ1) is 24.4. The Labute approximate surface area is 207 Å².